The summed E-state index contributed by atoms with van der Waals surface area (Å²) in [7, 11) is 0. The minimum Gasteiger partial charge on any atom is -0.463 e. The van der Waals surface area contributed by atoms with Crippen molar-refractivity contribution in [2.24, 2.45) is 0 Å². The minimum absolute atomic E-state index is 0.134. The second kappa shape index (κ2) is 6.58. The van der Waals surface area contributed by atoms with Gasteiger partial charge in [-0.25, -0.2) is 4.79 Å². The van der Waals surface area contributed by atoms with Crippen molar-refractivity contribution in [2.45, 2.75) is 19.8 Å². The number of ether oxygens (including phenoxy) is 3. The van der Waals surface area contributed by atoms with Crippen molar-refractivity contribution in [1.29, 1.82) is 0 Å². The Morgan fingerprint density at radius 2 is 2.07 bits per heavy atom. The Hall–Kier alpha value is -3.07. The maximum absolute atomic E-state index is 12.7. The van der Waals surface area contributed by atoms with Crippen LogP contribution in [-0.4, -0.2) is 29.3 Å². The number of fused-ring (bicyclic) bond motifs is 2. The van der Waals surface area contributed by atoms with Gasteiger partial charge in [-0.2, -0.15) is 0 Å². The molecule has 4 rings (SSSR count). The smallest absolute Gasteiger partial charge is 0.336 e. The van der Waals surface area contributed by atoms with Crippen LogP contribution in [0.25, 0.3) is 0 Å². The van der Waals surface area contributed by atoms with E-state index in [2.05, 4.69) is 15.3 Å². The van der Waals surface area contributed by atoms with Gasteiger partial charge in [0.25, 0.3) is 5.56 Å². The van der Waals surface area contributed by atoms with E-state index >= 15 is 0 Å². The molecule has 140 valence electrons. The second-order valence-electron chi connectivity index (χ2n) is 6.13. The van der Waals surface area contributed by atoms with Gasteiger partial charge in [0.15, 0.2) is 16.3 Å². The first-order valence-corrected chi connectivity index (χ1v) is 8.81. The topological polar surface area (TPSA) is 105 Å². The lowest BCUT2D eigenvalue weighted by Crippen LogP contribution is -2.31. The van der Waals surface area contributed by atoms with Gasteiger partial charge in [-0.05, 0) is 43.8 Å². The van der Waals surface area contributed by atoms with Gasteiger partial charge in [-0.15, -0.1) is 0 Å². The molecule has 0 bridgehead atoms. The third-order valence-corrected chi connectivity index (χ3v) is 4.70. The fourth-order valence-corrected chi connectivity index (χ4v) is 3.59. The van der Waals surface area contributed by atoms with Crippen LogP contribution in [0.4, 0.5) is 5.82 Å². The monoisotopic (exact) mass is 387 g/mol. The highest BCUT2D eigenvalue weighted by Gasteiger charge is 2.36. The number of hydrogen-bond donors (Lipinski definition) is 3. The van der Waals surface area contributed by atoms with Gasteiger partial charge in [0, 0.05) is 5.70 Å². The number of esters is 1. The van der Waals surface area contributed by atoms with Gasteiger partial charge in [0.05, 0.1) is 23.7 Å². The van der Waals surface area contributed by atoms with Gasteiger partial charge < -0.3 is 24.5 Å². The largest absolute Gasteiger partial charge is 0.463 e. The quantitative estimate of drug-likeness (QED) is 0.549. The van der Waals surface area contributed by atoms with E-state index in [1.807, 2.05) is 0 Å². The van der Waals surface area contributed by atoms with E-state index in [9.17, 15) is 9.59 Å². The van der Waals surface area contributed by atoms with Gasteiger partial charge in [-0.3, -0.25) is 9.78 Å². The van der Waals surface area contributed by atoms with Gasteiger partial charge in [0.1, 0.15) is 5.82 Å². The molecule has 8 nitrogen and oxygen atoms in total. The summed E-state index contributed by atoms with van der Waals surface area (Å²) in [5.74, 6) is 0.501. The van der Waals surface area contributed by atoms with Crippen LogP contribution in [0.3, 0.4) is 0 Å². The molecule has 1 aromatic carbocycles. The number of aromatic amines is 2. The van der Waals surface area contributed by atoms with E-state index in [0.29, 0.717) is 39.7 Å². The fourth-order valence-electron chi connectivity index (χ4n) is 3.39. The molecule has 0 aliphatic carbocycles. The summed E-state index contributed by atoms with van der Waals surface area (Å²) in [5.41, 5.74) is 1.63. The van der Waals surface area contributed by atoms with Crippen LogP contribution >= 0.6 is 12.2 Å². The lowest BCUT2D eigenvalue weighted by molar-refractivity contribution is -0.138. The number of nitrogens with one attached hydrogen (secondary N) is 3. The van der Waals surface area contributed by atoms with Crippen LogP contribution in [0, 0.1) is 4.77 Å². The summed E-state index contributed by atoms with van der Waals surface area (Å²) < 4.78 is 16.3. The molecule has 0 radical (unpaired) electrons. The summed E-state index contributed by atoms with van der Waals surface area (Å²) in [5, 5.41) is 3.06. The number of H-pyrrole nitrogens is 2. The molecule has 2 aliphatic heterocycles. The molecule has 1 unspecified atom stereocenters. The zero-order chi connectivity index (χ0) is 19.1. The third-order valence-electron chi connectivity index (χ3n) is 4.50. The Labute approximate surface area is 159 Å². The molecule has 2 aliphatic rings. The highest BCUT2D eigenvalue weighted by Crippen LogP contribution is 2.43. The van der Waals surface area contributed by atoms with Crippen LogP contribution in [0.15, 0.2) is 34.3 Å². The van der Waals surface area contributed by atoms with Crippen LogP contribution < -0.4 is 20.3 Å². The van der Waals surface area contributed by atoms with Crippen LogP contribution in [0.1, 0.15) is 30.9 Å². The SMILES string of the molecule is CCOC(=O)C1=C(C)Nc2[nH]c(=S)[nH]c(=O)c2C1c1ccc2c(c1)OCO2. The van der Waals surface area contributed by atoms with Crippen molar-refractivity contribution >= 4 is 24.0 Å². The molecule has 9 heteroatoms. The van der Waals surface area contributed by atoms with E-state index in [1.165, 1.54) is 0 Å². The zero-order valence-electron chi connectivity index (χ0n) is 14.7. The molecule has 3 N–H and O–H groups in total. The first-order chi connectivity index (χ1) is 13.0. The summed E-state index contributed by atoms with van der Waals surface area (Å²) in [6.07, 6.45) is 0. The Kier molecular flexibility index (Phi) is 4.23. The van der Waals surface area contributed by atoms with Crippen LogP contribution in [0.5, 0.6) is 11.5 Å². The molecule has 0 spiro atoms. The normalized spacial score (nSPS) is 17.3. The lowest BCUT2D eigenvalue weighted by Gasteiger charge is -2.29. The standard InChI is InChI=1S/C18H17N3O5S/c1-3-24-17(23)12-8(2)19-15-14(16(22)21-18(27)20-15)13(12)9-4-5-10-11(6-9)26-7-25-10/h4-6,13H,3,7H2,1-2H3,(H3,19,20,21,22,27). The number of allylic oxidation sites excluding steroid dienone is 1. The molecule has 2 aromatic rings. The maximum Gasteiger partial charge on any atom is 0.336 e. The van der Waals surface area contributed by atoms with E-state index in [1.54, 1.807) is 32.0 Å². The highest BCUT2D eigenvalue weighted by molar-refractivity contribution is 7.71. The van der Waals surface area contributed by atoms with E-state index < -0.39 is 11.9 Å². The number of carbonyl (C=O) groups excluding carboxylic acids is 1. The van der Waals surface area contributed by atoms with Crippen molar-refractivity contribution in [3.8, 4) is 11.5 Å². The van der Waals surface area contributed by atoms with Crippen molar-refractivity contribution in [3.05, 3.63) is 55.7 Å². The molecule has 0 saturated heterocycles. The van der Waals surface area contributed by atoms with E-state index in [4.69, 9.17) is 26.4 Å². The number of carbonyl (C=O) groups is 1. The summed E-state index contributed by atoms with van der Waals surface area (Å²) in [6.45, 7) is 3.85. The number of hydrogen-bond acceptors (Lipinski definition) is 7. The van der Waals surface area contributed by atoms with Gasteiger partial charge in [-0.1, -0.05) is 6.07 Å². The predicted molar refractivity (Wildman–Crippen MR) is 99.6 cm³/mol. The fraction of sp³-hybridized carbons (Fsp3) is 0.278. The van der Waals surface area contributed by atoms with Crippen molar-refractivity contribution in [3.63, 3.8) is 0 Å². The predicted octanol–water partition coefficient (Wildman–Crippen LogP) is 2.56. The molecular formula is C18H17N3O5S. The second-order valence-corrected chi connectivity index (χ2v) is 6.54. The van der Waals surface area contributed by atoms with Crippen molar-refractivity contribution in [2.75, 3.05) is 18.7 Å². The first kappa shape index (κ1) is 17.3. The first-order valence-electron chi connectivity index (χ1n) is 8.40. The Morgan fingerprint density at radius 3 is 2.85 bits per heavy atom. The molecule has 27 heavy (non-hydrogen) atoms. The number of benzene rings is 1. The molecular weight excluding hydrogens is 370 g/mol. The summed E-state index contributed by atoms with van der Waals surface area (Å²) >= 11 is 5.07. The number of rotatable bonds is 3. The molecule has 1 atom stereocenters. The summed E-state index contributed by atoms with van der Waals surface area (Å²) in [4.78, 5) is 31.0. The molecule has 0 fully saturated rings. The Morgan fingerprint density at radius 1 is 1.30 bits per heavy atom. The number of aromatic nitrogens is 2. The van der Waals surface area contributed by atoms with Gasteiger partial charge in [0.2, 0.25) is 6.79 Å². The molecule has 1 aromatic heterocycles. The average molecular weight is 387 g/mol. The zero-order valence-corrected chi connectivity index (χ0v) is 15.5. The van der Waals surface area contributed by atoms with Gasteiger partial charge >= 0.3 is 5.97 Å². The molecule has 0 saturated carbocycles. The Balaban J connectivity index is 1.95. The number of anilines is 1. The molecule has 3 heterocycles. The van der Waals surface area contributed by atoms with Crippen LogP contribution in [-0.2, 0) is 9.53 Å². The molecule has 0 amide bonds. The van der Waals surface area contributed by atoms with Crippen LogP contribution in [0.2, 0.25) is 0 Å². The maximum atomic E-state index is 12.7. The highest BCUT2D eigenvalue weighted by atomic mass is 32.1. The third kappa shape index (κ3) is 2.89. The van der Waals surface area contributed by atoms with E-state index in [0.717, 1.165) is 0 Å². The van der Waals surface area contributed by atoms with E-state index in [-0.39, 0.29) is 23.7 Å². The minimum atomic E-state index is -0.648. The van der Waals surface area contributed by atoms with Crippen molar-refractivity contribution < 1.29 is 19.0 Å². The summed E-state index contributed by atoms with van der Waals surface area (Å²) in [6, 6.07) is 5.34. The van der Waals surface area contributed by atoms with Crippen molar-refractivity contribution in [1.82, 2.24) is 9.97 Å². The Bertz CT molecular complexity index is 1090. The average Bonchev–Trinajstić information content (AvgIpc) is 3.07. The lowest BCUT2D eigenvalue weighted by atomic mass is 9.82.